The number of non-ortho nitro benzene ring substituents is 1. The summed E-state index contributed by atoms with van der Waals surface area (Å²) < 4.78 is 23.4. The van der Waals surface area contributed by atoms with E-state index in [1.54, 1.807) is 50.2 Å². The molecule has 256 valence electrons. The first kappa shape index (κ1) is 33.7. The Bertz CT molecular complexity index is 2030. The number of nitrogens with one attached hydrogen (secondary N) is 1. The summed E-state index contributed by atoms with van der Waals surface area (Å²) in [4.78, 5) is 37.5. The Morgan fingerprint density at radius 1 is 0.980 bits per heavy atom. The molecular weight excluding hydrogens is 666 g/mol. The highest BCUT2D eigenvalue weighted by molar-refractivity contribution is 7.99. The molecule has 1 atom stereocenters. The van der Waals surface area contributed by atoms with Crippen LogP contribution in [0.5, 0.6) is 17.2 Å². The molecule has 3 aromatic carbocycles. The number of aromatic nitrogens is 3. The van der Waals surface area contributed by atoms with Gasteiger partial charge in [-0.15, -0.1) is 10.2 Å². The lowest BCUT2D eigenvalue weighted by Gasteiger charge is -2.24. The standard InChI is InChI=1S/C34H31N7O8S/c1-46-24-15-9-21(10-16-24)26-18-27(25-6-4-7-28(47-2)32(25)48-3)40(38-26)31(42)20-50-34-37-36-30(19-35-33(43)29-8-5-17-49-29)39(34)22-11-13-23(14-12-22)41(44)45/h4-17,27H,18-20H2,1-3H3,(H,35,43)/t27-/m1/s1. The van der Waals surface area contributed by atoms with Gasteiger partial charge in [0.25, 0.3) is 17.5 Å². The van der Waals surface area contributed by atoms with Crippen LogP contribution in [-0.4, -0.2) is 69.3 Å². The summed E-state index contributed by atoms with van der Waals surface area (Å²) in [5.74, 6) is 1.28. The third-order valence-electron chi connectivity index (χ3n) is 7.88. The van der Waals surface area contributed by atoms with E-state index in [9.17, 15) is 19.7 Å². The number of furan rings is 1. The van der Waals surface area contributed by atoms with E-state index in [0.29, 0.717) is 46.0 Å². The average Bonchev–Trinajstić information content (AvgIpc) is 3.93. The van der Waals surface area contributed by atoms with Crippen molar-refractivity contribution in [3.63, 3.8) is 0 Å². The summed E-state index contributed by atoms with van der Waals surface area (Å²) in [5.41, 5.74) is 2.65. The van der Waals surface area contributed by atoms with Gasteiger partial charge in [0.1, 0.15) is 5.75 Å². The summed E-state index contributed by atoms with van der Waals surface area (Å²) in [5, 5.41) is 29.2. The molecule has 1 aliphatic heterocycles. The SMILES string of the molecule is COc1ccc(C2=NN(C(=O)CSc3nnc(CNC(=O)c4ccco4)n3-c3ccc([N+](=O)[O-])cc3)[C@@H](c3cccc(OC)c3OC)C2)cc1. The molecule has 0 unspecified atom stereocenters. The third kappa shape index (κ3) is 7.00. The molecule has 6 rings (SSSR count). The lowest BCUT2D eigenvalue weighted by molar-refractivity contribution is -0.384. The smallest absolute Gasteiger partial charge is 0.287 e. The Morgan fingerprint density at radius 3 is 2.42 bits per heavy atom. The van der Waals surface area contributed by atoms with Crippen molar-refractivity contribution in [2.24, 2.45) is 5.10 Å². The topological polar surface area (TPSA) is 176 Å². The zero-order valence-electron chi connectivity index (χ0n) is 27.1. The zero-order chi connectivity index (χ0) is 35.2. The highest BCUT2D eigenvalue weighted by Gasteiger charge is 2.36. The van der Waals surface area contributed by atoms with Gasteiger partial charge in [-0.2, -0.15) is 5.10 Å². The molecule has 0 aliphatic carbocycles. The zero-order valence-corrected chi connectivity index (χ0v) is 28.0. The molecule has 0 saturated heterocycles. The maximum Gasteiger partial charge on any atom is 0.287 e. The Labute approximate surface area is 290 Å². The van der Waals surface area contributed by atoms with Gasteiger partial charge in [-0.05, 0) is 60.2 Å². The molecule has 5 aromatic rings. The number of nitro groups is 1. The fourth-order valence-electron chi connectivity index (χ4n) is 5.45. The van der Waals surface area contributed by atoms with Crippen LogP contribution in [0.4, 0.5) is 5.69 Å². The van der Waals surface area contributed by atoms with Gasteiger partial charge in [0.05, 0.1) is 56.6 Å². The predicted molar refractivity (Wildman–Crippen MR) is 182 cm³/mol. The number of hydrogen-bond acceptors (Lipinski definition) is 12. The van der Waals surface area contributed by atoms with Crippen molar-refractivity contribution in [1.82, 2.24) is 25.1 Å². The number of ether oxygens (including phenoxy) is 3. The number of hydrogen-bond donors (Lipinski definition) is 1. The maximum absolute atomic E-state index is 14.1. The largest absolute Gasteiger partial charge is 0.497 e. The van der Waals surface area contributed by atoms with Crippen LogP contribution in [-0.2, 0) is 11.3 Å². The van der Waals surface area contributed by atoms with E-state index in [-0.39, 0.29) is 29.7 Å². The van der Waals surface area contributed by atoms with Crippen LogP contribution in [0.3, 0.4) is 0 Å². The number of carbonyl (C=O) groups is 2. The monoisotopic (exact) mass is 697 g/mol. The molecule has 2 aromatic heterocycles. The third-order valence-corrected chi connectivity index (χ3v) is 8.79. The number of thioether (sulfide) groups is 1. The highest BCUT2D eigenvalue weighted by atomic mass is 32.2. The molecule has 3 heterocycles. The first-order valence-electron chi connectivity index (χ1n) is 15.2. The van der Waals surface area contributed by atoms with Gasteiger partial charge >= 0.3 is 0 Å². The van der Waals surface area contributed by atoms with E-state index in [1.165, 1.54) is 29.5 Å². The van der Waals surface area contributed by atoms with Crippen LogP contribution in [0.25, 0.3) is 5.69 Å². The molecule has 1 N–H and O–H groups in total. The quantitative estimate of drug-likeness (QED) is 0.0973. The van der Waals surface area contributed by atoms with Gasteiger partial charge in [0.2, 0.25) is 0 Å². The average molecular weight is 698 g/mol. The molecule has 0 spiro atoms. The molecule has 16 heteroatoms. The van der Waals surface area contributed by atoms with Gasteiger partial charge in [-0.25, -0.2) is 5.01 Å². The number of benzene rings is 3. The van der Waals surface area contributed by atoms with E-state index in [0.717, 1.165) is 22.9 Å². The minimum atomic E-state index is -0.509. The predicted octanol–water partition coefficient (Wildman–Crippen LogP) is 5.19. The van der Waals surface area contributed by atoms with Crippen molar-refractivity contribution in [2.45, 2.75) is 24.2 Å². The Hall–Kier alpha value is -6.16. The van der Waals surface area contributed by atoms with E-state index < -0.39 is 16.9 Å². The van der Waals surface area contributed by atoms with Crippen molar-refractivity contribution in [1.29, 1.82) is 0 Å². The summed E-state index contributed by atoms with van der Waals surface area (Å²) in [6.45, 7) is -0.0443. The Kier molecular flexibility index (Phi) is 10.1. The Morgan fingerprint density at radius 2 is 1.76 bits per heavy atom. The molecule has 1 aliphatic rings. The molecule has 0 saturated carbocycles. The summed E-state index contributed by atoms with van der Waals surface area (Å²) in [6.07, 6.45) is 1.80. The van der Waals surface area contributed by atoms with E-state index in [2.05, 4.69) is 15.5 Å². The van der Waals surface area contributed by atoms with E-state index in [4.69, 9.17) is 23.7 Å². The number of amides is 2. The van der Waals surface area contributed by atoms with Crippen molar-refractivity contribution in [3.8, 4) is 22.9 Å². The van der Waals surface area contributed by atoms with Gasteiger partial charge in [-0.3, -0.25) is 24.3 Å². The van der Waals surface area contributed by atoms with E-state index in [1.807, 2.05) is 36.4 Å². The molecule has 50 heavy (non-hydrogen) atoms. The van der Waals surface area contributed by atoms with Crippen LogP contribution >= 0.6 is 11.8 Å². The van der Waals surface area contributed by atoms with Crippen LogP contribution < -0.4 is 19.5 Å². The normalized spacial score (nSPS) is 13.9. The Balaban J connectivity index is 1.29. The minimum absolute atomic E-state index is 0.0443. The van der Waals surface area contributed by atoms with Gasteiger partial charge in [0.15, 0.2) is 28.2 Å². The van der Waals surface area contributed by atoms with Crippen molar-refractivity contribution in [3.05, 3.63) is 118 Å². The molecule has 0 bridgehead atoms. The number of nitrogens with zero attached hydrogens (tertiary/aromatic N) is 6. The van der Waals surface area contributed by atoms with Crippen LogP contribution in [0.2, 0.25) is 0 Å². The minimum Gasteiger partial charge on any atom is -0.497 e. The second kappa shape index (κ2) is 14.9. The fourth-order valence-corrected chi connectivity index (χ4v) is 6.28. The number of hydrazone groups is 1. The number of carbonyl (C=O) groups excluding carboxylic acids is 2. The lowest BCUT2D eigenvalue weighted by Crippen LogP contribution is -2.29. The molecule has 0 radical (unpaired) electrons. The highest BCUT2D eigenvalue weighted by Crippen LogP contribution is 2.42. The molecule has 0 fully saturated rings. The first-order chi connectivity index (χ1) is 24.3. The summed E-state index contributed by atoms with van der Waals surface area (Å²) >= 11 is 1.11. The summed E-state index contributed by atoms with van der Waals surface area (Å²) in [6, 6.07) is 21.3. The maximum atomic E-state index is 14.1. The number of nitro benzene ring substituents is 1. The van der Waals surface area contributed by atoms with Crippen molar-refractivity contribution in [2.75, 3.05) is 27.1 Å². The summed E-state index contributed by atoms with van der Waals surface area (Å²) in [7, 11) is 4.68. The molecular formula is C34H31N7O8S. The first-order valence-corrected chi connectivity index (χ1v) is 16.2. The molecule has 15 nitrogen and oxygen atoms in total. The van der Waals surface area contributed by atoms with Gasteiger partial charge in [-0.1, -0.05) is 23.9 Å². The number of para-hydroxylation sites is 1. The fraction of sp³-hybridized carbons (Fsp3) is 0.206. The second-order valence-corrected chi connectivity index (χ2v) is 11.7. The van der Waals surface area contributed by atoms with E-state index >= 15 is 0 Å². The van der Waals surface area contributed by atoms with Crippen LogP contribution in [0, 0.1) is 10.1 Å². The second-order valence-electron chi connectivity index (χ2n) is 10.8. The van der Waals surface area contributed by atoms with Gasteiger partial charge in [0, 0.05) is 29.8 Å². The van der Waals surface area contributed by atoms with Crippen LogP contribution in [0.1, 0.15) is 40.0 Å². The van der Waals surface area contributed by atoms with Crippen molar-refractivity contribution >= 4 is 35.0 Å². The van der Waals surface area contributed by atoms with Crippen LogP contribution in [0.15, 0.2) is 99.8 Å². The number of methoxy groups -OCH3 is 3. The lowest BCUT2D eigenvalue weighted by atomic mass is 9.97. The van der Waals surface area contributed by atoms with Crippen molar-refractivity contribution < 1.29 is 33.1 Å². The molecule has 2 amide bonds. The van der Waals surface area contributed by atoms with Gasteiger partial charge < -0.3 is 23.9 Å². The number of rotatable bonds is 13.